The molecule has 7 nitrogen and oxygen atoms in total. The number of ether oxygens (including phenoxy) is 1. The number of nitrogens with zero attached hydrogens (tertiary/aromatic N) is 4. The topological polar surface area (TPSA) is 67.7 Å². The minimum Gasteiger partial charge on any atom is -0.497 e. The number of carbonyl (C=O) groups is 2. The predicted molar refractivity (Wildman–Crippen MR) is 109 cm³/mol. The lowest BCUT2D eigenvalue weighted by atomic mass is 10.1. The lowest BCUT2D eigenvalue weighted by Gasteiger charge is -2.33. The number of fused-ring (bicyclic) bond motifs is 1. The van der Waals surface area contributed by atoms with E-state index in [1.165, 1.54) is 14.5 Å². The molecule has 0 N–H and O–H groups in total. The first-order valence-electron chi connectivity index (χ1n) is 8.96. The Kier molecular flexibility index (Phi) is 4.99. The highest BCUT2D eigenvalue weighted by Gasteiger charge is 2.35. The van der Waals surface area contributed by atoms with Crippen LogP contribution in [0.5, 0.6) is 5.75 Å². The fourth-order valence-electron chi connectivity index (χ4n) is 3.41. The van der Waals surface area contributed by atoms with E-state index in [0.29, 0.717) is 11.3 Å². The molecule has 0 unspecified atom stereocenters. The molecule has 0 spiro atoms. The van der Waals surface area contributed by atoms with Crippen LogP contribution in [0.3, 0.4) is 0 Å². The van der Waals surface area contributed by atoms with E-state index in [1.807, 2.05) is 0 Å². The van der Waals surface area contributed by atoms with Gasteiger partial charge in [0.25, 0.3) is 0 Å². The summed E-state index contributed by atoms with van der Waals surface area (Å²) in [6.45, 7) is 0.268. The molecule has 3 aromatic rings. The Morgan fingerprint density at radius 1 is 1.17 bits per heavy atom. The number of rotatable bonds is 4. The fraction of sp³-hybridized carbons (Fsp3) is 0.250. The summed E-state index contributed by atoms with van der Waals surface area (Å²) in [4.78, 5) is 28.1. The first-order valence-corrected chi connectivity index (χ1v) is 9.75. The van der Waals surface area contributed by atoms with Gasteiger partial charge >= 0.3 is 6.03 Å². The largest absolute Gasteiger partial charge is 0.497 e. The van der Waals surface area contributed by atoms with Crippen LogP contribution in [0.15, 0.2) is 40.9 Å². The average Bonchev–Trinajstić information content (AvgIpc) is 3.05. The van der Waals surface area contributed by atoms with Gasteiger partial charge in [-0.2, -0.15) is 5.10 Å². The van der Waals surface area contributed by atoms with Gasteiger partial charge in [0.1, 0.15) is 5.75 Å². The summed E-state index contributed by atoms with van der Waals surface area (Å²) in [7, 11) is 3.26. The van der Waals surface area contributed by atoms with Gasteiger partial charge in [0.15, 0.2) is 11.6 Å². The third kappa shape index (κ3) is 3.35. The zero-order valence-corrected chi connectivity index (χ0v) is 17.4. The molecule has 0 aliphatic carbocycles. The van der Waals surface area contributed by atoms with Gasteiger partial charge in [-0.05, 0) is 45.8 Å². The van der Waals surface area contributed by atoms with Crippen LogP contribution in [0, 0.1) is 5.82 Å². The number of urea groups is 1. The smallest absolute Gasteiger partial charge is 0.332 e. The summed E-state index contributed by atoms with van der Waals surface area (Å²) in [5.74, 6) is 0.132. The normalized spacial score (nSPS) is 14.8. The maximum atomic E-state index is 14.8. The van der Waals surface area contributed by atoms with Crippen molar-refractivity contribution >= 4 is 44.6 Å². The van der Waals surface area contributed by atoms with Crippen LogP contribution in [0.4, 0.5) is 15.0 Å². The average molecular weight is 461 g/mol. The maximum Gasteiger partial charge on any atom is 0.332 e. The van der Waals surface area contributed by atoms with E-state index in [0.717, 1.165) is 5.56 Å². The van der Waals surface area contributed by atoms with Crippen molar-refractivity contribution in [2.24, 2.45) is 7.05 Å². The number of methoxy groups -OCH3 is 1. The Morgan fingerprint density at radius 2 is 1.90 bits per heavy atom. The first kappa shape index (κ1) is 19.4. The summed E-state index contributed by atoms with van der Waals surface area (Å²) >= 11 is 3.19. The van der Waals surface area contributed by atoms with Crippen molar-refractivity contribution in [1.29, 1.82) is 0 Å². The summed E-state index contributed by atoms with van der Waals surface area (Å²) in [5.41, 5.74) is 1.35. The van der Waals surface area contributed by atoms with E-state index in [9.17, 15) is 14.0 Å². The molecule has 1 aromatic heterocycles. The monoisotopic (exact) mass is 460 g/mol. The Bertz CT molecular complexity index is 1110. The molecule has 0 radical (unpaired) electrons. The molecule has 150 valence electrons. The molecule has 0 saturated carbocycles. The second kappa shape index (κ2) is 7.47. The van der Waals surface area contributed by atoms with Crippen LogP contribution in [-0.4, -0.2) is 40.3 Å². The Balaban J connectivity index is 1.69. The number of aromatic nitrogens is 2. The van der Waals surface area contributed by atoms with Crippen molar-refractivity contribution in [2.45, 2.75) is 13.0 Å². The molecule has 1 aliphatic rings. The molecule has 0 atom stereocenters. The highest BCUT2D eigenvalue weighted by molar-refractivity contribution is 9.10. The quantitative estimate of drug-likeness (QED) is 0.592. The van der Waals surface area contributed by atoms with E-state index in [2.05, 4.69) is 21.0 Å². The minimum absolute atomic E-state index is 0.120. The van der Waals surface area contributed by atoms with Crippen molar-refractivity contribution < 1.29 is 18.7 Å². The van der Waals surface area contributed by atoms with E-state index in [1.54, 1.807) is 50.6 Å². The van der Waals surface area contributed by atoms with Gasteiger partial charge in [0.2, 0.25) is 5.91 Å². The van der Waals surface area contributed by atoms with Gasteiger partial charge in [-0.15, -0.1) is 0 Å². The van der Waals surface area contributed by atoms with Crippen LogP contribution in [0.25, 0.3) is 10.9 Å². The van der Waals surface area contributed by atoms with Crippen LogP contribution in [0.2, 0.25) is 0 Å². The lowest BCUT2D eigenvalue weighted by molar-refractivity contribution is -0.129. The summed E-state index contributed by atoms with van der Waals surface area (Å²) in [6.07, 6.45) is 0.135. The van der Waals surface area contributed by atoms with Crippen molar-refractivity contribution in [3.8, 4) is 5.75 Å². The molecule has 3 amide bonds. The van der Waals surface area contributed by atoms with E-state index in [-0.39, 0.29) is 41.1 Å². The van der Waals surface area contributed by atoms with E-state index in [4.69, 9.17) is 4.74 Å². The van der Waals surface area contributed by atoms with Gasteiger partial charge in [0, 0.05) is 20.0 Å². The number of imide groups is 1. The molecule has 1 aliphatic heterocycles. The summed E-state index contributed by atoms with van der Waals surface area (Å²) in [6, 6.07) is 9.94. The maximum absolute atomic E-state index is 14.8. The Labute approximate surface area is 174 Å². The molecule has 0 bridgehead atoms. The Morgan fingerprint density at radius 3 is 2.59 bits per heavy atom. The summed E-state index contributed by atoms with van der Waals surface area (Å²) in [5, 5.41) is 4.61. The number of halogens is 2. The molecular weight excluding hydrogens is 443 g/mol. The van der Waals surface area contributed by atoms with Crippen molar-refractivity contribution in [3.63, 3.8) is 0 Å². The number of anilines is 1. The van der Waals surface area contributed by atoms with Gasteiger partial charge in [-0.1, -0.05) is 12.1 Å². The molecule has 4 rings (SSSR count). The number of benzene rings is 2. The van der Waals surface area contributed by atoms with Crippen LogP contribution < -0.4 is 9.64 Å². The lowest BCUT2D eigenvalue weighted by Crippen LogP contribution is -2.52. The van der Waals surface area contributed by atoms with Crippen LogP contribution >= 0.6 is 15.9 Å². The molecule has 9 heteroatoms. The SMILES string of the molecule is COc1ccc(CN2C(=O)CCN(c3nn(C)c4ccc(Br)c(F)c34)C2=O)cc1. The summed E-state index contributed by atoms with van der Waals surface area (Å²) < 4.78 is 21.8. The number of hydrogen-bond donors (Lipinski definition) is 0. The molecular formula is C20H18BrFN4O3. The fourth-order valence-corrected chi connectivity index (χ4v) is 3.74. The minimum atomic E-state index is -0.517. The van der Waals surface area contributed by atoms with Crippen molar-refractivity contribution in [1.82, 2.24) is 14.7 Å². The predicted octanol–water partition coefficient (Wildman–Crippen LogP) is 3.84. The first-order chi connectivity index (χ1) is 13.9. The van der Waals surface area contributed by atoms with Crippen LogP contribution in [0.1, 0.15) is 12.0 Å². The van der Waals surface area contributed by atoms with Crippen LogP contribution in [-0.2, 0) is 18.4 Å². The second-order valence-corrected chi connectivity index (χ2v) is 7.57. The Hall–Kier alpha value is -2.94. The number of hydrogen-bond acceptors (Lipinski definition) is 4. The zero-order valence-electron chi connectivity index (χ0n) is 15.9. The van der Waals surface area contributed by atoms with Gasteiger partial charge in [0.05, 0.1) is 29.0 Å². The number of carbonyl (C=O) groups excluding carboxylic acids is 2. The number of amides is 3. The van der Waals surface area contributed by atoms with Crippen molar-refractivity contribution in [3.05, 3.63) is 52.3 Å². The third-order valence-corrected chi connectivity index (χ3v) is 5.57. The van der Waals surface area contributed by atoms with Gasteiger partial charge in [-0.3, -0.25) is 19.3 Å². The van der Waals surface area contributed by atoms with Gasteiger partial charge < -0.3 is 4.74 Å². The molecule has 29 heavy (non-hydrogen) atoms. The highest BCUT2D eigenvalue weighted by atomic mass is 79.9. The molecule has 1 saturated heterocycles. The number of aryl methyl sites for hydroxylation is 1. The molecule has 1 fully saturated rings. The molecule has 2 heterocycles. The third-order valence-electron chi connectivity index (χ3n) is 4.96. The van der Waals surface area contributed by atoms with E-state index >= 15 is 0 Å². The second-order valence-electron chi connectivity index (χ2n) is 6.71. The van der Waals surface area contributed by atoms with Gasteiger partial charge in [-0.25, -0.2) is 9.18 Å². The highest BCUT2D eigenvalue weighted by Crippen LogP contribution is 2.34. The zero-order chi connectivity index (χ0) is 20.7. The van der Waals surface area contributed by atoms with Crippen molar-refractivity contribution in [2.75, 3.05) is 18.6 Å². The molecule has 2 aromatic carbocycles. The standard InChI is InChI=1S/C20H18BrFN4O3/c1-24-15-8-7-14(21)18(22)17(15)19(23-24)25-10-9-16(27)26(20(25)28)11-12-3-5-13(29-2)6-4-12/h3-8H,9-11H2,1-2H3. The van der Waals surface area contributed by atoms with E-state index < -0.39 is 11.8 Å².